The molecule has 1 rings (SSSR count). The average molecular weight is 335 g/mol. The number of benzene rings is 1. The van der Waals surface area contributed by atoms with Crippen molar-refractivity contribution in [3.63, 3.8) is 0 Å². The van der Waals surface area contributed by atoms with Crippen LogP contribution in [0.15, 0.2) is 22.7 Å². The topological polar surface area (TPSA) is 66.4 Å². The number of nitrogens with one attached hydrogen (secondary N) is 1. The van der Waals surface area contributed by atoms with Gasteiger partial charge < -0.3 is 10.4 Å². The molecule has 0 spiro atoms. The van der Waals surface area contributed by atoms with Gasteiger partial charge in [0, 0.05) is 16.1 Å². The van der Waals surface area contributed by atoms with Gasteiger partial charge >= 0.3 is 5.97 Å². The summed E-state index contributed by atoms with van der Waals surface area (Å²) in [6.07, 6.45) is 0.467. The number of carboxylic acids is 1. The lowest BCUT2D eigenvalue weighted by Gasteiger charge is -2.15. The van der Waals surface area contributed by atoms with E-state index in [1.165, 1.54) is 6.07 Å². The minimum atomic E-state index is -0.934. The maximum Gasteiger partial charge on any atom is 0.305 e. The van der Waals surface area contributed by atoms with Crippen molar-refractivity contribution in [1.82, 2.24) is 5.32 Å². The highest BCUT2D eigenvalue weighted by Crippen LogP contribution is 2.23. The predicted octanol–water partition coefficient (Wildman–Crippen LogP) is 3.09. The number of aliphatic carboxylic acids is 1. The van der Waals surface area contributed by atoms with Crippen molar-refractivity contribution in [2.45, 2.75) is 25.8 Å². The van der Waals surface area contributed by atoms with Gasteiger partial charge in [0.05, 0.1) is 11.4 Å². The maximum absolute atomic E-state index is 11.9. The van der Waals surface area contributed by atoms with Crippen LogP contribution in [0.1, 0.15) is 30.1 Å². The van der Waals surface area contributed by atoms with Crippen LogP contribution < -0.4 is 5.32 Å². The number of carbonyl (C=O) groups is 2. The molecule has 98 valence electrons. The number of carboxylic acid groups (broad SMARTS) is 1. The SMILES string of the molecule is CCC(CC(=O)O)NC(=O)c1ccc(Br)c(Cl)c1. The Morgan fingerprint density at radius 2 is 2.17 bits per heavy atom. The lowest BCUT2D eigenvalue weighted by Crippen LogP contribution is -2.36. The van der Waals surface area contributed by atoms with Crippen LogP contribution in [0.4, 0.5) is 0 Å². The van der Waals surface area contributed by atoms with Gasteiger partial charge in [-0.05, 0) is 40.5 Å². The number of halogens is 2. The van der Waals surface area contributed by atoms with Crippen molar-refractivity contribution in [3.05, 3.63) is 33.3 Å². The van der Waals surface area contributed by atoms with Gasteiger partial charge in [0.25, 0.3) is 5.91 Å². The first kappa shape index (κ1) is 15.0. The molecule has 1 amide bonds. The van der Waals surface area contributed by atoms with Gasteiger partial charge in [0.2, 0.25) is 0 Å². The zero-order valence-corrected chi connectivity index (χ0v) is 12.1. The van der Waals surface area contributed by atoms with E-state index < -0.39 is 5.97 Å². The van der Waals surface area contributed by atoms with Crippen molar-refractivity contribution in [3.8, 4) is 0 Å². The van der Waals surface area contributed by atoms with E-state index in [2.05, 4.69) is 21.2 Å². The van der Waals surface area contributed by atoms with E-state index in [1.807, 2.05) is 6.92 Å². The van der Waals surface area contributed by atoms with E-state index in [4.69, 9.17) is 16.7 Å². The summed E-state index contributed by atoms with van der Waals surface area (Å²) >= 11 is 9.13. The quantitative estimate of drug-likeness (QED) is 0.869. The zero-order valence-electron chi connectivity index (χ0n) is 9.74. The molecule has 0 saturated heterocycles. The molecule has 0 bridgehead atoms. The monoisotopic (exact) mass is 333 g/mol. The molecule has 1 atom stereocenters. The van der Waals surface area contributed by atoms with Crippen molar-refractivity contribution in [2.75, 3.05) is 0 Å². The fraction of sp³-hybridized carbons (Fsp3) is 0.333. The van der Waals surface area contributed by atoms with Crippen LogP contribution in [0.3, 0.4) is 0 Å². The summed E-state index contributed by atoms with van der Waals surface area (Å²) in [7, 11) is 0. The Hall–Kier alpha value is -1.07. The summed E-state index contributed by atoms with van der Waals surface area (Å²) in [4.78, 5) is 22.5. The second-order valence-electron chi connectivity index (χ2n) is 3.81. The van der Waals surface area contributed by atoms with E-state index in [9.17, 15) is 9.59 Å². The number of hydrogen-bond acceptors (Lipinski definition) is 2. The Labute approximate surface area is 118 Å². The van der Waals surface area contributed by atoms with E-state index >= 15 is 0 Å². The molecule has 2 N–H and O–H groups in total. The van der Waals surface area contributed by atoms with E-state index in [0.29, 0.717) is 21.5 Å². The number of amides is 1. The Morgan fingerprint density at radius 1 is 1.50 bits per heavy atom. The van der Waals surface area contributed by atoms with Gasteiger partial charge in [-0.1, -0.05) is 18.5 Å². The van der Waals surface area contributed by atoms with Crippen molar-refractivity contribution < 1.29 is 14.7 Å². The van der Waals surface area contributed by atoms with E-state index in [-0.39, 0.29) is 18.4 Å². The highest BCUT2D eigenvalue weighted by Gasteiger charge is 2.15. The molecule has 1 aromatic rings. The molecule has 0 heterocycles. The molecule has 0 aliphatic rings. The van der Waals surface area contributed by atoms with Crippen LogP contribution in [0.5, 0.6) is 0 Å². The number of hydrogen-bond donors (Lipinski definition) is 2. The fourth-order valence-corrected chi connectivity index (χ4v) is 1.84. The van der Waals surface area contributed by atoms with Crippen molar-refractivity contribution in [1.29, 1.82) is 0 Å². The molecule has 0 aliphatic heterocycles. The first-order chi connectivity index (χ1) is 8.43. The summed E-state index contributed by atoms with van der Waals surface area (Å²) in [5.41, 5.74) is 0.409. The third kappa shape index (κ3) is 4.31. The molecule has 0 aromatic heterocycles. The summed E-state index contributed by atoms with van der Waals surface area (Å²) in [6.45, 7) is 1.82. The van der Waals surface area contributed by atoms with Crippen LogP contribution in [0, 0.1) is 0 Å². The van der Waals surface area contributed by atoms with Gasteiger partial charge in [-0.15, -0.1) is 0 Å². The lowest BCUT2D eigenvalue weighted by molar-refractivity contribution is -0.137. The molecular weight excluding hydrogens is 321 g/mol. The minimum Gasteiger partial charge on any atom is -0.481 e. The van der Waals surface area contributed by atoms with Crippen LogP contribution in [-0.4, -0.2) is 23.0 Å². The van der Waals surface area contributed by atoms with Crippen molar-refractivity contribution in [2.24, 2.45) is 0 Å². The Kier molecular flexibility index (Phi) is 5.62. The third-order valence-electron chi connectivity index (χ3n) is 2.43. The Bertz CT molecular complexity index is 465. The van der Waals surface area contributed by atoms with Gasteiger partial charge in [0.1, 0.15) is 0 Å². The van der Waals surface area contributed by atoms with Gasteiger partial charge in [-0.3, -0.25) is 9.59 Å². The number of carbonyl (C=O) groups excluding carboxylic acids is 1. The Balaban J connectivity index is 2.74. The zero-order chi connectivity index (χ0) is 13.7. The maximum atomic E-state index is 11.9. The van der Waals surface area contributed by atoms with Crippen molar-refractivity contribution >= 4 is 39.4 Å². The van der Waals surface area contributed by atoms with Crippen LogP contribution in [0.25, 0.3) is 0 Å². The predicted molar refractivity (Wildman–Crippen MR) is 73.0 cm³/mol. The lowest BCUT2D eigenvalue weighted by atomic mass is 10.1. The molecule has 6 heteroatoms. The fourth-order valence-electron chi connectivity index (χ4n) is 1.41. The average Bonchev–Trinajstić information content (AvgIpc) is 2.31. The molecule has 0 radical (unpaired) electrons. The van der Waals surface area contributed by atoms with Gasteiger partial charge in [-0.25, -0.2) is 0 Å². The highest BCUT2D eigenvalue weighted by atomic mass is 79.9. The second kappa shape index (κ2) is 6.75. The summed E-state index contributed by atoms with van der Waals surface area (Å²) in [6, 6.07) is 4.46. The summed E-state index contributed by atoms with van der Waals surface area (Å²) < 4.78 is 0.707. The van der Waals surface area contributed by atoms with Gasteiger partial charge in [0.15, 0.2) is 0 Å². The highest BCUT2D eigenvalue weighted by molar-refractivity contribution is 9.10. The molecule has 0 aliphatic carbocycles. The normalized spacial score (nSPS) is 11.9. The largest absolute Gasteiger partial charge is 0.481 e. The van der Waals surface area contributed by atoms with Gasteiger partial charge in [-0.2, -0.15) is 0 Å². The van der Waals surface area contributed by atoms with E-state index in [0.717, 1.165) is 0 Å². The molecular formula is C12H13BrClNO3. The van der Waals surface area contributed by atoms with E-state index in [1.54, 1.807) is 12.1 Å². The molecule has 0 fully saturated rings. The molecule has 4 nitrogen and oxygen atoms in total. The molecule has 18 heavy (non-hydrogen) atoms. The van der Waals surface area contributed by atoms with Crippen LogP contribution >= 0.6 is 27.5 Å². The second-order valence-corrected chi connectivity index (χ2v) is 5.07. The molecule has 0 saturated carbocycles. The summed E-state index contributed by atoms with van der Waals surface area (Å²) in [5, 5.41) is 11.8. The smallest absolute Gasteiger partial charge is 0.305 e. The minimum absolute atomic E-state index is 0.0908. The first-order valence-electron chi connectivity index (χ1n) is 5.41. The molecule has 1 unspecified atom stereocenters. The Morgan fingerprint density at radius 3 is 2.67 bits per heavy atom. The standard InChI is InChI=1S/C12H13BrClNO3/c1-2-8(6-11(16)17)15-12(18)7-3-4-9(13)10(14)5-7/h3-5,8H,2,6H2,1H3,(H,15,18)(H,16,17). The number of rotatable bonds is 5. The third-order valence-corrected chi connectivity index (χ3v) is 3.66. The first-order valence-corrected chi connectivity index (χ1v) is 6.58. The van der Waals surface area contributed by atoms with Crippen LogP contribution in [-0.2, 0) is 4.79 Å². The van der Waals surface area contributed by atoms with Crippen LogP contribution in [0.2, 0.25) is 5.02 Å². The summed E-state index contributed by atoms with van der Waals surface area (Å²) in [5.74, 6) is -1.26. The molecule has 1 aromatic carbocycles.